The summed E-state index contributed by atoms with van der Waals surface area (Å²) in [4.78, 5) is 19.9. The van der Waals surface area contributed by atoms with Crippen LogP contribution in [0.25, 0.3) is 11.0 Å². The van der Waals surface area contributed by atoms with E-state index in [0.717, 1.165) is 67.5 Å². The number of carbonyl (C=O) groups is 1. The molecule has 0 unspecified atom stereocenters. The standard InChI is InChI=1S/C26H34N4O2/c1-3-4-14-30-24-11-10-21(27-26(31)19-32-22-8-6-5-7-9-22)17-23(24)28-25(30)18-29-15-12-20(2)13-16-29/h5-11,17,20H,3-4,12-16,18-19H2,1-2H3,(H,27,31). The van der Waals surface area contributed by atoms with Crippen LogP contribution in [-0.4, -0.2) is 40.1 Å². The Morgan fingerprint density at radius 2 is 1.94 bits per heavy atom. The number of aryl methyl sites for hydroxylation is 1. The largest absolute Gasteiger partial charge is 0.484 e. The van der Waals surface area contributed by atoms with Gasteiger partial charge in [0.25, 0.3) is 5.91 Å². The third kappa shape index (κ3) is 5.68. The fourth-order valence-electron chi connectivity index (χ4n) is 4.23. The first-order chi connectivity index (χ1) is 15.6. The van der Waals surface area contributed by atoms with Crippen molar-refractivity contribution < 1.29 is 9.53 Å². The number of nitrogens with one attached hydrogen (secondary N) is 1. The highest BCUT2D eigenvalue weighted by Crippen LogP contribution is 2.24. The first kappa shape index (κ1) is 22.3. The summed E-state index contributed by atoms with van der Waals surface area (Å²) < 4.78 is 7.91. The summed E-state index contributed by atoms with van der Waals surface area (Å²) in [5, 5.41) is 2.94. The molecule has 0 atom stereocenters. The van der Waals surface area contributed by atoms with E-state index < -0.39 is 0 Å². The highest BCUT2D eigenvalue weighted by atomic mass is 16.5. The molecule has 170 valence electrons. The Morgan fingerprint density at radius 1 is 1.16 bits per heavy atom. The fraction of sp³-hybridized carbons (Fsp3) is 0.462. The SMILES string of the molecule is CCCCn1c(CN2CCC(C)CC2)nc2cc(NC(=O)COc3ccccc3)ccc21. The Balaban J connectivity index is 1.46. The summed E-state index contributed by atoms with van der Waals surface area (Å²) in [7, 11) is 0. The van der Waals surface area contributed by atoms with E-state index in [4.69, 9.17) is 9.72 Å². The quantitative estimate of drug-likeness (QED) is 0.510. The van der Waals surface area contributed by atoms with Crippen LogP contribution in [0.3, 0.4) is 0 Å². The second-order valence-electron chi connectivity index (χ2n) is 8.85. The number of rotatable bonds is 9. The fourth-order valence-corrected chi connectivity index (χ4v) is 4.23. The molecule has 1 fully saturated rings. The molecule has 1 saturated heterocycles. The average molecular weight is 435 g/mol. The van der Waals surface area contributed by atoms with E-state index in [1.807, 2.05) is 42.5 Å². The Labute approximate surface area is 190 Å². The maximum atomic E-state index is 12.4. The summed E-state index contributed by atoms with van der Waals surface area (Å²) in [5.74, 6) is 2.45. The molecule has 3 aromatic rings. The van der Waals surface area contributed by atoms with Gasteiger partial charge in [0.2, 0.25) is 0 Å². The number of piperidine rings is 1. The number of unbranched alkanes of at least 4 members (excludes halogenated alkanes) is 1. The smallest absolute Gasteiger partial charge is 0.262 e. The third-order valence-electron chi connectivity index (χ3n) is 6.20. The van der Waals surface area contributed by atoms with Gasteiger partial charge in [-0.3, -0.25) is 9.69 Å². The summed E-state index contributed by atoms with van der Waals surface area (Å²) in [6, 6.07) is 15.4. The van der Waals surface area contributed by atoms with Gasteiger partial charge in [-0.05, 0) is 68.6 Å². The summed E-state index contributed by atoms with van der Waals surface area (Å²) in [6.07, 6.45) is 4.80. The summed E-state index contributed by atoms with van der Waals surface area (Å²) in [5.41, 5.74) is 2.82. The van der Waals surface area contributed by atoms with Crippen molar-refractivity contribution in [2.24, 2.45) is 5.92 Å². The number of benzene rings is 2. The number of ether oxygens (including phenoxy) is 1. The van der Waals surface area contributed by atoms with Crippen molar-refractivity contribution in [1.82, 2.24) is 14.5 Å². The first-order valence-corrected chi connectivity index (χ1v) is 11.8. The molecular formula is C26H34N4O2. The molecule has 1 aliphatic rings. The van der Waals surface area contributed by atoms with Gasteiger partial charge < -0.3 is 14.6 Å². The lowest BCUT2D eigenvalue weighted by molar-refractivity contribution is -0.118. The molecule has 1 aliphatic heterocycles. The molecular weight excluding hydrogens is 400 g/mol. The molecule has 6 nitrogen and oxygen atoms in total. The van der Waals surface area contributed by atoms with E-state index in [1.54, 1.807) is 0 Å². The van der Waals surface area contributed by atoms with Crippen LogP contribution in [0.1, 0.15) is 45.4 Å². The van der Waals surface area contributed by atoms with Crippen molar-refractivity contribution in [3.05, 3.63) is 54.4 Å². The summed E-state index contributed by atoms with van der Waals surface area (Å²) in [6.45, 7) is 8.68. The molecule has 6 heteroatoms. The maximum absolute atomic E-state index is 12.4. The molecule has 0 saturated carbocycles. The molecule has 2 heterocycles. The van der Waals surface area contributed by atoms with E-state index in [-0.39, 0.29) is 12.5 Å². The van der Waals surface area contributed by atoms with Crippen LogP contribution >= 0.6 is 0 Å². The van der Waals surface area contributed by atoms with E-state index >= 15 is 0 Å². The highest BCUT2D eigenvalue weighted by molar-refractivity contribution is 5.94. The van der Waals surface area contributed by atoms with Gasteiger partial charge in [0.05, 0.1) is 17.6 Å². The molecule has 1 amide bonds. The number of para-hydroxylation sites is 1. The van der Waals surface area contributed by atoms with E-state index in [1.165, 1.54) is 12.8 Å². The van der Waals surface area contributed by atoms with Crippen LogP contribution in [-0.2, 0) is 17.9 Å². The topological polar surface area (TPSA) is 59.4 Å². The number of amides is 1. The van der Waals surface area contributed by atoms with Gasteiger partial charge in [0.1, 0.15) is 11.6 Å². The van der Waals surface area contributed by atoms with E-state index in [9.17, 15) is 4.79 Å². The molecule has 0 spiro atoms. The Morgan fingerprint density at radius 3 is 2.69 bits per heavy atom. The monoisotopic (exact) mass is 434 g/mol. The lowest BCUT2D eigenvalue weighted by Crippen LogP contribution is -2.33. The second-order valence-corrected chi connectivity index (χ2v) is 8.85. The second kappa shape index (κ2) is 10.6. The molecule has 0 radical (unpaired) electrons. The predicted molar refractivity (Wildman–Crippen MR) is 129 cm³/mol. The van der Waals surface area contributed by atoms with Crippen LogP contribution < -0.4 is 10.1 Å². The first-order valence-electron chi connectivity index (χ1n) is 11.8. The van der Waals surface area contributed by atoms with Crippen LogP contribution in [0.15, 0.2) is 48.5 Å². The number of nitrogens with zero attached hydrogens (tertiary/aromatic N) is 3. The zero-order chi connectivity index (χ0) is 22.3. The number of anilines is 1. The van der Waals surface area contributed by atoms with Crippen molar-refractivity contribution in [3.8, 4) is 5.75 Å². The van der Waals surface area contributed by atoms with E-state index in [2.05, 4.69) is 34.7 Å². The van der Waals surface area contributed by atoms with Gasteiger partial charge in [-0.1, -0.05) is 38.5 Å². The van der Waals surface area contributed by atoms with Gasteiger partial charge in [-0.2, -0.15) is 0 Å². The third-order valence-corrected chi connectivity index (χ3v) is 6.20. The molecule has 1 N–H and O–H groups in total. The molecule has 1 aromatic heterocycles. The molecule has 0 bridgehead atoms. The molecule has 2 aromatic carbocycles. The van der Waals surface area contributed by atoms with Crippen LogP contribution in [0.4, 0.5) is 5.69 Å². The normalized spacial score (nSPS) is 15.2. The van der Waals surface area contributed by atoms with Crippen LogP contribution in [0.5, 0.6) is 5.75 Å². The zero-order valence-electron chi connectivity index (χ0n) is 19.2. The number of likely N-dealkylation sites (tertiary alicyclic amines) is 1. The number of fused-ring (bicyclic) bond motifs is 1. The van der Waals surface area contributed by atoms with Crippen LogP contribution in [0.2, 0.25) is 0 Å². The van der Waals surface area contributed by atoms with Gasteiger partial charge in [0, 0.05) is 12.2 Å². The average Bonchev–Trinajstić information content (AvgIpc) is 3.14. The predicted octanol–water partition coefficient (Wildman–Crippen LogP) is 5.09. The molecule has 0 aliphatic carbocycles. The van der Waals surface area contributed by atoms with E-state index in [0.29, 0.717) is 5.75 Å². The minimum Gasteiger partial charge on any atom is -0.484 e. The lowest BCUT2D eigenvalue weighted by Gasteiger charge is -2.30. The maximum Gasteiger partial charge on any atom is 0.262 e. The highest BCUT2D eigenvalue weighted by Gasteiger charge is 2.19. The minimum absolute atomic E-state index is 0.0222. The van der Waals surface area contributed by atoms with Crippen molar-refractivity contribution in [3.63, 3.8) is 0 Å². The number of aromatic nitrogens is 2. The summed E-state index contributed by atoms with van der Waals surface area (Å²) >= 11 is 0. The minimum atomic E-state index is -0.179. The van der Waals surface area contributed by atoms with Gasteiger partial charge in [0.15, 0.2) is 6.61 Å². The lowest BCUT2D eigenvalue weighted by atomic mass is 9.99. The number of imidazole rings is 1. The van der Waals surface area contributed by atoms with Crippen molar-refractivity contribution in [2.45, 2.75) is 52.6 Å². The Hall–Kier alpha value is -2.86. The van der Waals surface area contributed by atoms with Gasteiger partial charge in [-0.15, -0.1) is 0 Å². The van der Waals surface area contributed by atoms with Crippen molar-refractivity contribution in [2.75, 3.05) is 25.0 Å². The van der Waals surface area contributed by atoms with Gasteiger partial charge in [-0.25, -0.2) is 4.98 Å². The number of hydrogen-bond donors (Lipinski definition) is 1. The number of hydrogen-bond acceptors (Lipinski definition) is 4. The van der Waals surface area contributed by atoms with Crippen LogP contribution in [0, 0.1) is 5.92 Å². The molecule has 32 heavy (non-hydrogen) atoms. The van der Waals surface area contributed by atoms with Crippen molar-refractivity contribution >= 4 is 22.6 Å². The Bertz CT molecular complexity index is 1020. The van der Waals surface area contributed by atoms with Gasteiger partial charge >= 0.3 is 0 Å². The number of carbonyl (C=O) groups excluding carboxylic acids is 1. The molecule has 4 rings (SSSR count). The van der Waals surface area contributed by atoms with Crippen molar-refractivity contribution in [1.29, 1.82) is 0 Å². The Kier molecular flexibility index (Phi) is 7.43. The zero-order valence-corrected chi connectivity index (χ0v) is 19.2.